The quantitative estimate of drug-likeness (QED) is 0.324. The van der Waals surface area contributed by atoms with Crippen LogP contribution in [0.3, 0.4) is 0 Å². The molecule has 0 aromatic heterocycles. The highest BCUT2D eigenvalue weighted by molar-refractivity contribution is 6.46. The first-order valence-corrected chi connectivity index (χ1v) is 11.2. The van der Waals surface area contributed by atoms with Crippen molar-refractivity contribution in [1.29, 1.82) is 0 Å². The molecule has 1 heterocycles. The van der Waals surface area contributed by atoms with E-state index in [-0.39, 0.29) is 11.3 Å². The molecule has 0 unspecified atom stereocenters. The molecule has 2 aromatic rings. The van der Waals surface area contributed by atoms with Gasteiger partial charge >= 0.3 is 0 Å². The van der Waals surface area contributed by atoms with Crippen molar-refractivity contribution in [2.75, 3.05) is 48.0 Å². The summed E-state index contributed by atoms with van der Waals surface area (Å²) in [6.45, 7) is 3.47. The minimum absolute atomic E-state index is 0.0400. The molecular formula is C26H32N2O6. The number of methoxy groups -OCH3 is 2. The summed E-state index contributed by atoms with van der Waals surface area (Å²) in [5.74, 6) is 0.0667. The number of Topliss-reactive ketones (excluding diaryl/α,β-unsaturated/α-hetero) is 1. The van der Waals surface area contributed by atoms with Gasteiger partial charge in [-0.2, -0.15) is 0 Å². The van der Waals surface area contributed by atoms with Gasteiger partial charge in [-0.1, -0.05) is 13.0 Å². The normalized spacial score (nSPS) is 17.4. The average molecular weight is 469 g/mol. The van der Waals surface area contributed by atoms with Gasteiger partial charge in [0.1, 0.15) is 11.5 Å². The number of carbonyl (C=O) groups is 2. The zero-order valence-electron chi connectivity index (χ0n) is 20.3. The maximum Gasteiger partial charge on any atom is 0.295 e. The van der Waals surface area contributed by atoms with Crippen LogP contribution in [0.4, 0.5) is 0 Å². The lowest BCUT2D eigenvalue weighted by molar-refractivity contribution is -0.140. The summed E-state index contributed by atoms with van der Waals surface area (Å²) in [7, 11) is 6.84. The number of benzene rings is 2. The lowest BCUT2D eigenvalue weighted by Gasteiger charge is -2.27. The summed E-state index contributed by atoms with van der Waals surface area (Å²) in [6.07, 6.45) is 0.878. The van der Waals surface area contributed by atoms with E-state index in [9.17, 15) is 14.7 Å². The molecule has 0 spiro atoms. The van der Waals surface area contributed by atoms with E-state index in [2.05, 4.69) is 0 Å². The van der Waals surface area contributed by atoms with Gasteiger partial charge < -0.3 is 29.1 Å². The Bertz CT molecular complexity index is 1060. The smallest absolute Gasteiger partial charge is 0.295 e. The van der Waals surface area contributed by atoms with Crippen LogP contribution in [0.2, 0.25) is 0 Å². The Morgan fingerprint density at radius 1 is 1.03 bits per heavy atom. The second-order valence-electron chi connectivity index (χ2n) is 8.28. The van der Waals surface area contributed by atoms with Crippen molar-refractivity contribution >= 4 is 17.4 Å². The third kappa shape index (κ3) is 5.17. The number of hydrogen-bond donors (Lipinski definition) is 1. The summed E-state index contributed by atoms with van der Waals surface area (Å²) < 4.78 is 16.4. The van der Waals surface area contributed by atoms with E-state index in [0.717, 1.165) is 6.42 Å². The van der Waals surface area contributed by atoms with Crippen molar-refractivity contribution in [2.24, 2.45) is 0 Å². The predicted octanol–water partition coefficient (Wildman–Crippen LogP) is 3.48. The lowest BCUT2D eigenvalue weighted by atomic mass is 9.95. The molecule has 1 fully saturated rings. The molecule has 1 amide bonds. The molecule has 1 atom stereocenters. The first-order valence-electron chi connectivity index (χ1n) is 11.2. The Morgan fingerprint density at radius 2 is 1.71 bits per heavy atom. The van der Waals surface area contributed by atoms with Gasteiger partial charge in [-0.05, 0) is 62.5 Å². The molecule has 8 nitrogen and oxygen atoms in total. The Morgan fingerprint density at radius 3 is 2.29 bits per heavy atom. The largest absolute Gasteiger partial charge is 0.507 e. The molecule has 3 rings (SSSR count). The van der Waals surface area contributed by atoms with Crippen molar-refractivity contribution in [3.05, 3.63) is 59.2 Å². The number of amides is 1. The third-order valence-corrected chi connectivity index (χ3v) is 5.65. The van der Waals surface area contributed by atoms with E-state index in [0.29, 0.717) is 48.1 Å². The van der Waals surface area contributed by atoms with Crippen molar-refractivity contribution in [3.63, 3.8) is 0 Å². The van der Waals surface area contributed by atoms with E-state index in [4.69, 9.17) is 14.2 Å². The SMILES string of the molecule is CCCOc1ccc(C(O)=C2C(=O)C(=O)N(CCN(C)C)[C@@H]2c2ccc(OC)c(OC)c2)cc1. The van der Waals surface area contributed by atoms with Crippen molar-refractivity contribution in [3.8, 4) is 17.2 Å². The van der Waals surface area contributed by atoms with E-state index < -0.39 is 17.7 Å². The maximum absolute atomic E-state index is 13.1. The first kappa shape index (κ1) is 25.1. The summed E-state index contributed by atoms with van der Waals surface area (Å²) in [5.41, 5.74) is 1.11. The number of ether oxygens (including phenoxy) is 3. The van der Waals surface area contributed by atoms with Crippen LogP contribution >= 0.6 is 0 Å². The number of likely N-dealkylation sites (N-methyl/N-ethyl adjacent to an activating group) is 1. The summed E-state index contributed by atoms with van der Waals surface area (Å²) in [4.78, 5) is 29.6. The molecule has 0 bridgehead atoms. The molecule has 0 aliphatic carbocycles. The molecule has 34 heavy (non-hydrogen) atoms. The summed E-state index contributed by atoms with van der Waals surface area (Å²) >= 11 is 0. The topological polar surface area (TPSA) is 88.5 Å². The van der Waals surface area contributed by atoms with Crippen LogP contribution in [-0.2, 0) is 9.59 Å². The second-order valence-corrected chi connectivity index (χ2v) is 8.28. The first-order chi connectivity index (χ1) is 16.3. The number of nitrogens with zero attached hydrogens (tertiary/aromatic N) is 2. The molecular weight excluding hydrogens is 436 g/mol. The molecule has 1 N–H and O–H groups in total. The van der Waals surface area contributed by atoms with Crippen molar-refractivity contribution < 1.29 is 28.9 Å². The van der Waals surface area contributed by atoms with Crippen LogP contribution in [-0.4, -0.2) is 74.6 Å². The van der Waals surface area contributed by atoms with E-state index in [1.807, 2.05) is 25.9 Å². The highest BCUT2D eigenvalue weighted by atomic mass is 16.5. The van der Waals surface area contributed by atoms with Gasteiger partial charge in [0, 0.05) is 18.7 Å². The number of likely N-dealkylation sites (tertiary alicyclic amines) is 1. The number of carbonyl (C=O) groups excluding carboxylic acids is 2. The molecule has 0 saturated carbocycles. The molecule has 1 aliphatic heterocycles. The molecule has 8 heteroatoms. The van der Waals surface area contributed by atoms with Crippen LogP contribution in [0.15, 0.2) is 48.0 Å². The fraction of sp³-hybridized carbons (Fsp3) is 0.385. The standard InChI is InChI=1S/C26H32N2O6/c1-6-15-34-19-10-7-17(8-11-19)24(29)22-23(18-9-12-20(32-4)21(16-18)33-5)28(14-13-27(2)3)26(31)25(22)30/h7-12,16,23,29H,6,13-15H2,1-5H3/t23-/m1/s1. The van der Waals surface area contributed by atoms with Crippen LogP contribution in [0, 0.1) is 0 Å². The van der Waals surface area contributed by atoms with Gasteiger partial charge in [0.15, 0.2) is 11.5 Å². The van der Waals surface area contributed by atoms with Gasteiger partial charge in [0.05, 0.1) is 32.4 Å². The second kappa shape index (κ2) is 11.1. The van der Waals surface area contributed by atoms with Crippen molar-refractivity contribution in [2.45, 2.75) is 19.4 Å². The Kier molecular flexibility index (Phi) is 8.17. The molecule has 0 radical (unpaired) electrons. The lowest BCUT2D eigenvalue weighted by Crippen LogP contribution is -2.35. The Hall–Kier alpha value is -3.52. The van der Waals surface area contributed by atoms with Crippen LogP contribution < -0.4 is 14.2 Å². The minimum atomic E-state index is -0.768. The van der Waals surface area contributed by atoms with E-state index in [1.165, 1.54) is 19.1 Å². The van der Waals surface area contributed by atoms with Crippen LogP contribution in [0.25, 0.3) is 5.76 Å². The molecule has 2 aromatic carbocycles. The van der Waals surface area contributed by atoms with Gasteiger partial charge in [0.2, 0.25) is 0 Å². The van der Waals surface area contributed by atoms with Crippen LogP contribution in [0.1, 0.15) is 30.5 Å². The summed E-state index contributed by atoms with van der Waals surface area (Å²) in [5, 5.41) is 11.2. The zero-order chi connectivity index (χ0) is 24.8. The zero-order valence-corrected chi connectivity index (χ0v) is 20.3. The van der Waals surface area contributed by atoms with Gasteiger partial charge in [0.25, 0.3) is 11.7 Å². The number of aliphatic hydroxyl groups is 1. The number of ketones is 1. The number of aliphatic hydroxyl groups excluding tert-OH is 1. The van der Waals surface area contributed by atoms with Crippen molar-refractivity contribution in [1.82, 2.24) is 9.80 Å². The number of hydrogen-bond acceptors (Lipinski definition) is 7. The Labute approximate surface area is 200 Å². The third-order valence-electron chi connectivity index (χ3n) is 5.65. The molecule has 182 valence electrons. The highest BCUT2D eigenvalue weighted by Crippen LogP contribution is 2.41. The molecule has 1 aliphatic rings. The van der Waals surface area contributed by atoms with Crippen LogP contribution in [0.5, 0.6) is 17.2 Å². The maximum atomic E-state index is 13.1. The summed E-state index contributed by atoms with van der Waals surface area (Å²) in [6, 6.07) is 11.3. The van der Waals surface area contributed by atoms with Gasteiger partial charge in [-0.3, -0.25) is 9.59 Å². The predicted molar refractivity (Wildman–Crippen MR) is 129 cm³/mol. The van der Waals surface area contributed by atoms with E-state index in [1.54, 1.807) is 42.5 Å². The van der Waals surface area contributed by atoms with E-state index >= 15 is 0 Å². The highest BCUT2D eigenvalue weighted by Gasteiger charge is 2.46. The fourth-order valence-electron chi connectivity index (χ4n) is 3.87. The average Bonchev–Trinajstić information content (AvgIpc) is 3.10. The fourth-order valence-corrected chi connectivity index (χ4v) is 3.87. The number of rotatable bonds is 10. The van der Waals surface area contributed by atoms with Gasteiger partial charge in [-0.15, -0.1) is 0 Å². The Balaban J connectivity index is 2.10. The minimum Gasteiger partial charge on any atom is -0.507 e. The molecule has 1 saturated heterocycles. The monoisotopic (exact) mass is 468 g/mol. The van der Waals surface area contributed by atoms with Gasteiger partial charge in [-0.25, -0.2) is 0 Å².